The molecular formula is C3H6BrNO2. The number of alkyl halides is 1. The number of nitro groups is 1. The van der Waals surface area contributed by atoms with E-state index in [2.05, 4.69) is 15.9 Å². The van der Waals surface area contributed by atoms with Gasteiger partial charge in [-0.1, -0.05) is 15.9 Å². The van der Waals surface area contributed by atoms with Gasteiger partial charge in [0.25, 0.3) is 0 Å². The maximum Gasteiger partial charge on any atom is 0.219 e. The summed E-state index contributed by atoms with van der Waals surface area (Å²) < 4.78 is 0. The molecule has 0 aliphatic rings. The first-order valence-corrected chi connectivity index (χ1v) is 3.00. The van der Waals surface area contributed by atoms with Gasteiger partial charge in [0.2, 0.25) is 6.04 Å². The lowest BCUT2D eigenvalue weighted by Gasteiger charge is -1.93. The summed E-state index contributed by atoms with van der Waals surface area (Å²) in [6, 6.07) is -0.458. The largest absolute Gasteiger partial charge is 0.264 e. The van der Waals surface area contributed by atoms with Crippen LogP contribution in [0, 0.1) is 10.1 Å². The summed E-state index contributed by atoms with van der Waals surface area (Å²) in [5, 5.41) is 10.1. The van der Waals surface area contributed by atoms with Crippen LogP contribution in [0.25, 0.3) is 0 Å². The van der Waals surface area contributed by atoms with Crippen LogP contribution in [0.1, 0.15) is 6.92 Å². The van der Waals surface area contributed by atoms with Crippen LogP contribution in [-0.2, 0) is 0 Å². The first-order valence-electron chi connectivity index (χ1n) is 1.88. The summed E-state index contributed by atoms with van der Waals surface area (Å²) in [7, 11) is 0. The molecule has 0 rings (SSSR count). The molecule has 0 saturated heterocycles. The van der Waals surface area contributed by atoms with E-state index < -0.39 is 6.04 Å². The van der Waals surface area contributed by atoms with Gasteiger partial charge in [0, 0.05) is 11.8 Å². The molecule has 1 unspecified atom stereocenters. The highest BCUT2D eigenvalue weighted by molar-refractivity contribution is 9.09. The Morgan fingerprint density at radius 2 is 2.43 bits per heavy atom. The predicted octanol–water partition coefficient (Wildman–Crippen LogP) is 1.05. The molecule has 0 aromatic heterocycles. The molecule has 0 N–H and O–H groups in total. The summed E-state index contributed by atoms with van der Waals surface area (Å²) >= 11 is 2.97. The Morgan fingerprint density at radius 1 is 2.00 bits per heavy atom. The molecule has 0 saturated carbocycles. The first-order chi connectivity index (χ1) is 3.18. The van der Waals surface area contributed by atoms with Gasteiger partial charge in [0.05, 0.1) is 5.33 Å². The zero-order valence-corrected chi connectivity index (χ0v) is 5.51. The van der Waals surface area contributed by atoms with Gasteiger partial charge < -0.3 is 0 Å². The molecule has 0 aromatic carbocycles. The first kappa shape index (κ1) is 6.88. The van der Waals surface area contributed by atoms with E-state index in [-0.39, 0.29) is 4.92 Å². The van der Waals surface area contributed by atoms with E-state index in [9.17, 15) is 10.1 Å². The standard InChI is InChI=1S/C3H6BrNO2/c1-3(2-4)5(6)7/h3H,2H2,1H3. The van der Waals surface area contributed by atoms with Crippen molar-refractivity contribution in [1.29, 1.82) is 0 Å². The summed E-state index contributed by atoms with van der Waals surface area (Å²) in [6.07, 6.45) is 0. The van der Waals surface area contributed by atoms with Gasteiger partial charge in [-0.3, -0.25) is 10.1 Å². The summed E-state index contributed by atoms with van der Waals surface area (Å²) in [5.74, 6) is 0. The third kappa shape index (κ3) is 2.56. The molecule has 0 aliphatic carbocycles. The molecule has 4 heteroatoms. The van der Waals surface area contributed by atoms with Crippen molar-refractivity contribution in [2.24, 2.45) is 0 Å². The van der Waals surface area contributed by atoms with E-state index in [1.165, 1.54) is 0 Å². The van der Waals surface area contributed by atoms with Gasteiger partial charge in [0.15, 0.2) is 0 Å². The fourth-order valence-electron chi connectivity index (χ4n) is 0.0563. The van der Waals surface area contributed by atoms with Crippen molar-refractivity contribution in [3.63, 3.8) is 0 Å². The zero-order valence-electron chi connectivity index (χ0n) is 3.93. The van der Waals surface area contributed by atoms with Crippen molar-refractivity contribution in [3.8, 4) is 0 Å². The van der Waals surface area contributed by atoms with Crippen molar-refractivity contribution in [3.05, 3.63) is 10.1 Å². The lowest BCUT2D eigenvalue weighted by molar-refractivity contribution is -0.511. The van der Waals surface area contributed by atoms with E-state index in [1.807, 2.05) is 0 Å². The minimum absolute atomic E-state index is 0.325. The maximum atomic E-state index is 9.71. The molecule has 7 heavy (non-hydrogen) atoms. The van der Waals surface area contributed by atoms with Crippen molar-refractivity contribution in [2.45, 2.75) is 13.0 Å². The van der Waals surface area contributed by atoms with Crippen molar-refractivity contribution in [1.82, 2.24) is 0 Å². The van der Waals surface area contributed by atoms with Gasteiger partial charge in [-0.05, 0) is 0 Å². The van der Waals surface area contributed by atoms with Crippen LogP contribution < -0.4 is 0 Å². The van der Waals surface area contributed by atoms with Gasteiger partial charge in [-0.25, -0.2) is 0 Å². The molecule has 0 radical (unpaired) electrons. The fraction of sp³-hybridized carbons (Fsp3) is 1.00. The van der Waals surface area contributed by atoms with E-state index in [1.54, 1.807) is 6.92 Å². The molecule has 0 spiro atoms. The molecule has 42 valence electrons. The van der Waals surface area contributed by atoms with Gasteiger partial charge in [0.1, 0.15) is 0 Å². The van der Waals surface area contributed by atoms with Gasteiger partial charge in [-0.15, -0.1) is 0 Å². The Morgan fingerprint density at radius 3 is 2.43 bits per heavy atom. The van der Waals surface area contributed by atoms with E-state index >= 15 is 0 Å². The Balaban J connectivity index is 3.34. The number of rotatable bonds is 2. The monoisotopic (exact) mass is 167 g/mol. The van der Waals surface area contributed by atoms with Crippen molar-refractivity contribution < 1.29 is 4.92 Å². The molecule has 0 fully saturated rings. The SMILES string of the molecule is CC(CBr)[N+](=O)[O-]. The van der Waals surface area contributed by atoms with Gasteiger partial charge >= 0.3 is 0 Å². The van der Waals surface area contributed by atoms with Crippen LogP contribution in [-0.4, -0.2) is 16.3 Å². The normalized spacial score (nSPS) is 13.4. The molecule has 0 aliphatic heterocycles. The lowest BCUT2D eigenvalue weighted by Crippen LogP contribution is -2.15. The van der Waals surface area contributed by atoms with Crippen LogP contribution >= 0.6 is 15.9 Å². The van der Waals surface area contributed by atoms with Gasteiger partial charge in [-0.2, -0.15) is 0 Å². The number of hydrogen-bond acceptors (Lipinski definition) is 2. The predicted molar refractivity (Wildman–Crippen MR) is 30.3 cm³/mol. The molecular weight excluding hydrogens is 162 g/mol. The highest BCUT2D eigenvalue weighted by atomic mass is 79.9. The summed E-state index contributed by atoms with van der Waals surface area (Å²) in [5.41, 5.74) is 0. The van der Waals surface area contributed by atoms with E-state index in [0.717, 1.165) is 0 Å². The zero-order chi connectivity index (χ0) is 5.86. The fourth-order valence-corrected chi connectivity index (χ4v) is 0.293. The average molecular weight is 168 g/mol. The summed E-state index contributed by atoms with van der Waals surface area (Å²) in [4.78, 5) is 9.38. The highest BCUT2D eigenvalue weighted by Gasteiger charge is 2.07. The third-order valence-corrected chi connectivity index (χ3v) is 1.52. The average Bonchev–Trinajstić information content (AvgIpc) is 1.65. The molecule has 1 atom stereocenters. The Kier molecular flexibility index (Phi) is 2.91. The maximum absolute atomic E-state index is 9.71. The van der Waals surface area contributed by atoms with Crippen molar-refractivity contribution in [2.75, 3.05) is 5.33 Å². The molecule has 0 amide bonds. The molecule has 0 aromatic rings. The van der Waals surface area contributed by atoms with Crippen LogP contribution in [0.2, 0.25) is 0 Å². The second kappa shape index (κ2) is 2.96. The second-order valence-corrected chi connectivity index (χ2v) is 1.94. The molecule has 0 bridgehead atoms. The van der Waals surface area contributed by atoms with Crippen LogP contribution in [0.5, 0.6) is 0 Å². The van der Waals surface area contributed by atoms with Crippen LogP contribution in [0.15, 0.2) is 0 Å². The Bertz CT molecular complexity index is 75.3. The highest BCUT2D eigenvalue weighted by Crippen LogP contribution is 1.91. The minimum atomic E-state index is -0.458. The minimum Gasteiger partial charge on any atom is -0.264 e. The number of nitrogens with zero attached hydrogens (tertiary/aromatic N) is 1. The van der Waals surface area contributed by atoms with Crippen molar-refractivity contribution >= 4 is 15.9 Å². The number of halogens is 1. The summed E-state index contributed by atoms with van der Waals surface area (Å²) in [6.45, 7) is 1.55. The smallest absolute Gasteiger partial charge is 0.219 e. The van der Waals surface area contributed by atoms with E-state index in [0.29, 0.717) is 5.33 Å². The van der Waals surface area contributed by atoms with E-state index in [4.69, 9.17) is 0 Å². The molecule has 3 nitrogen and oxygen atoms in total. The topological polar surface area (TPSA) is 43.1 Å². The van der Waals surface area contributed by atoms with Crippen LogP contribution in [0.3, 0.4) is 0 Å². The van der Waals surface area contributed by atoms with Crippen LogP contribution in [0.4, 0.5) is 0 Å². The number of hydrogen-bond donors (Lipinski definition) is 0. The molecule has 0 heterocycles. The Hall–Kier alpha value is -0.120. The Labute approximate surface area is 50.0 Å². The lowest BCUT2D eigenvalue weighted by atomic mass is 10.4. The quantitative estimate of drug-likeness (QED) is 0.351. The second-order valence-electron chi connectivity index (χ2n) is 1.29. The third-order valence-electron chi connectivity index (χ3n) is 0.583.